The van der Waals surface area contributed by atoms with Crippen molar-refractivity contribution in [3.63, 3.8) is 0 Å². The van der Waals surface area contributed by atoms with Gasteiger partial charge in [-0.25, -0.2) is 0 Å². The molecule has 4 nitrogen and oxygen atoms in total. The summed E-state index contributed by atoms with van der Waals surface area (Å²) in [5.41, 5.74) is 2.83. The lowest BCUT2D eigenvalue weighted by Gasteiger charge is -2.37. The van der Waals surface area contributed by atoms with Crippen molar-refractivity contribution in [2.24, 2.45) is 22.7 Å². The van der Waals surface area contributed by atoms with Crippen LogP contribution in [0.2, 0.25) is 0 Å². The molecule has 0 aliphatic heterocycles. The van der Waals surface area contributed by atoms with Crippen molar-refractivity contribution in [3.8, 4) is 0 Å². The topological polar surface area (TPSA) is 58.2 Å². The fraction of sp³-hybridized carbons (Fsp3) is 0.588. The van der Waals surface area contributed by atoms with Crippen LogP contribution in [0.15, 0.2) is 46.2 Å². The molecule has 216 valence electrons. The highest BCUT2D eigenvalue weighted by molar-refractivity contribution is 7.97. The molecule has 0 amide bonds. The lowest BCUT2D eigenvalue weighted by Crippen LogP contribution is -2.33. The zero-order chi connectivity index (χ0) is 28.7. The molecule has 0 bridgehead atoms. The van der Waals surface area contributed by atoms with E-state index in [-0.39, 0.29) is 11.6 Å². The molecular formula is C34H46N2O2S2. The largest absolute Gasteiger partial charge is 0.289 e. The molecule has 5 rings (SSSR count). The quantitative estimate of drug-likeness (QED) is 0.285. The molecule has 0 radical (unpaired) electrons. The smallest absolute Gasteiger partial charge is 0.194 e. The van der Waals surface area contributed by atoms with Crippen LogP contribution >= 0.6 is 23.9 Å². The van der Waals surface area contributed by atoms with Crippen LogP contribution in [0.4, 0.5) is 0 Å². The van der Waals surface area contributed by atoms with E-state index in [0.717, 1.165) is 21.6 Å². The number of rotatable bonds is 6. The third-order valence-electron chi connectivity index (χ3n) is 9.55. The Morgan fingerprint density at radius 3 is 1.25 bits per heavy atom. The van der Waals surface area contributed by atoms with Crippen molar-refractivity contribution >= 4 is 35.5 Å². The maximum absolute atomic E-state index is 13.6. The molecule has 3 aliphatic carbocycles. The van der Waals surface area contributed by atoms with Gasteiger partial charge in [0.2, 0.25) is 0 Å². The van der Waals surface area contributed by atoms with E-state index in [1.807, 2.05) is 36.4 Å². The fourth-order valence-electron chi connectivity index (χ4n) is 6.69. The third kappa shape index (κ3) is 6.72. The van der Waals surface area contributed by atoms with E-state index in [1.54, 1.807) is 23.9 Å². The zero-order valence-electron chi connectivity index (χ0n) is 25.1. The van der Waals surface area contributed by atoms with Crippen LogP contribution in [-0.4, -0.2) is 23.7 Å². The van der Waals surface area contributed by atoms with Crippen molar-refractivity contribution in [1.29, 1.82) is 0 Å². The average molecular weight is 579 g/mol. The Balaban J connectivity index is 1.20. The molecule has 0 atom stereocenters. The van der Waals surface area contributed by atoms with E-state index < -0.39 is 0 Å². The van der Waals surface area contributed by atoms with E-state index in [0.29, 0.717) is 45.2 Å². The standard InChI is InChI=1S/C34H46N2O2S2/c1-33(2,3)21-7-11-23(12-8-21)35-39-25-15-17-27-29(19-25)32(38)30-20-26(16-18-28(30)31(27)37)40-36-24-13-9-22(10-14-24)34(4,5)6/h15-24,35-36H,7-14H2,1-6H3. The molecule has 2 aromatic rings. The van der Waals surface area contributed by atoms with Gasteiger partial charge in [-0.05, 0) is 134 Å². The summed E-state index contributed by atoms with van der Waals surface area (Å²) in [7, 11) is 0. The van der Waals surface area contributed by atoms with Crippen LogP contribution in [0.25, 0.3) is 0 Å². The van der Waals surface area contributed by atoms with Crippen molar-refractivity contribution in [2.75, 3.05) is 0 Å². The molecule has 2 saturated carbocycles. The van der Waals surface area contributed by atoms with Gasteiger partial charge in [0.25, 0.3) is 0 Å². The van der Waals surface area contributed by atoms with Gasteiger partial charge in [0.05, 0.1) is 0 Å². The summed E-state index contributed by atoms with van der Waals surface area (Å²) in [6, 6.07) is 12.4. The van der Waals surface area contributed by atoms with Gasteiger partial charge in [0.15, 0.2) is 11.6 Å². The Labute approximate surface area is 249 Å². The molecule has 6 heteroatoms. The van der Waals surface area contributed by atoms with Gasteiger partial charge >= 0.3 is 0 Å². The lowest BCUT2D eigenvalue weighted by molar-refractivity contribution is 0.0978. The normalized spacial score (nSPS) is 25.4. The zero-order valence-corrected chi connectivity index (χ0v) is 26.7. The SMILES string of the molecule is CC(C)(C)C1CCC(NSc2ccc3c(c2)C(=O)c2cc(SNC4CCC(C(C)(C)C)CC4)ccc2C3=O)CC1. The van der Waals surface area contributed by atoms with E-state index in [4.69, 9.17) is 0 Å². The summed E-state index contributed by atoms with van der Waals surface area (Å²) in [5.74, 6) is 1.46. The summed E-state index contributed by atoms with van der Waals surface area (Å²) in [6.45, 7) is 14.1. The van der Waals surface area contributed by atoms with Crippen LogP contribution in [-0.2, 0) is 0 Å². The highest BCUT2D eigenvalue weighted by Gasteiger charge is 2.33. The second-order valence-electron chi connectivity index (χ2n) is 14.3. The molecule has 0 spiro atoms. The number of fused-ring (bicyclic) bond motifs is 2. The molecule has 2 aromatic carbocycles. The molecule has 0 saturated heterocycles. The highest BCUT2D eigenvalue weighted by Crippen LogP contribution is 2.40. The number of carbonyl (C=O) groups is 2. The van der Waals surface area contributed by atoms with Crippen LogP contribution in [0, 0.1) is 22.7 Å². The van der Waals surface area contributed by atoms with Crippen molar-refractivity contribution in [3.05, 3.63) is 58.7 Å². The van der Waals surface area contributed by atoms with E-state index in [2.05, 4.69) is 51.0 Å². The molecule has 0 heterocycles. The third-order valence-corrected chi connectivity index (χ3v) is 11.4. The van der Waals surface area contributed by atoms with Crippen LogP contribution < -0.4 is 9.44 Å². The number of nitrogens with one attached hydrogen (secondary N) is 2. The molecule has 0 unspecified atom stereocenters. The Hall–Kier alpha value is -1.60. The Morgan fingerprint density at radius 1 is 0.550 bits per heavy atom. The van der Waals surface area contributed by atoms with E-state index in [1.165, 1.54) is 51.4 Å². The van der Waals surface area contributed by atoms with Gasteiger partial charge in [-0.1, -0.05) is 41.5 Å². The second kappa shape index (κ2) is 11.9. The number of benzene rings is 2. The van der Waals surface area contributed by atoms with Crippen molar-refractivity contribution < 1.29 is 9.59 Å². The maximum atomic E-state index is 13.6. The first-order valence-electron chi connectivity index (χ1n) is 15.1. The van der Waals surface area contributed by atoms with Gasteiger partial charge in [-0.3, -0.25) is 19.0 Å². The van der Waals surface area contributed by atoms with Gasteiger partial charge < -0.3 is 0 Å². The maximum Gasteiger partial charge on any atom is 0.194 e. The Bertz CT molecular complexity index is 1150. The number of hydrogen-bond acceptors (Lipinski definition) is 6. The van der Waals surface area contributed by atoms with Crippen LogP contribution in [0.1, 0.15) is 125 Å². The van der Waals surface area contributed by atoms with Crippen molar-refractivity contribution in [2.45, 2.75) is 115 Å². The van der Waals surface area contributed by atoms with Crippen LogP contribution in [0.5, 0.6) is 0 Å². The Morgan fingerprint density at radius 2 is 0.900 bits per heavy atom. The van der Waals surface area contributed by atoms with E-state index >= 15 is 0 Å². The molecule has 2 N–H and O–H groups in total. The molecule has 2 fully saturated rings. The predicted octanol–water partition coefficient (Wildman–Crippen LogP) is 8.87. The van der Waals surface area contributed by atoms with Crippen molar-refractivity contribution in [1.82, 2.24) is 9.44 Å². The predicted molar refractivity (Wildman–Crippen MR) is 168 cm³/mol. The fourth-order valence-corrected chi connectivity index (χ4v) is 8.40. The minimum absolute atomic E-state index is 0.0501. The van der Waals surface area contributed by atoms with Gasteiger partial charge in [-0.2, -0.15) is 0 Å². The summed E-state index contributed by atoms with van der Waals surface area (Å²) in [5, 5.41) is 0. The first-order chi connectivity index (χ1) is 18.9. The molecular weight excluding hydrogens is 533 g/mol. The molecule has 0 aromatic heterocycles. The first-order valence-corrected chi connectivity index (χ1v) is 16.8. The number of hydrogen-bond donors (Lipinski definition) is 2. The van der Waals surface area contributed by atoms with Gasteiger partial charge in [-0.15, -0.1) is 0 Å². The highest BCUT2D eigenvalue weighted by atomic mass is 32.2. The second-order valence-corrected chi connectivity index (χ2v) is 16.2. The monoisotopic (exact) mass is 578 g/mol. The van der Waals surface area contributed by atoms with Gasteiger partial charge in [0, 0.05) is 44.1 Å². The summed E-state index contributed by atoms with van der Waals surface area (Å²) >= 11 is 3.19. The van der Waals surface area contributed by atoms with E-state index in [9.17, 15) is 9.59 Å². The average Bonchev–Trinajstić information content (AvgIpc) is 2.93. The first kappa shape index (κ1) is 29.9. The molecule has 3 aliphatic rings. The minimum atomic E-state index is -0.0559. The number of ketones is 2. The number of carbonyl (C=O) groups excluding carboxylic acids is 2. The Kier molecular flexibility index (Phi) is 8.92. The summed E-state index contributed by atoms with van der Waals surface area (Å²) in [6.07, 6.45) is 9.72. The molecule has 40 heavy (non-hydrogen) atoms. The summed E-state index contributed by atoms with van der Waals surface area (Å²) < 4.78 is 7.28. The van der Waals surface area contributed by atoms with Gasteiger partial charge in [0.1, 0.15) is 0 Å². The summed E-state index contributed by atoms with van der Waals surface area (Å²) in [4.78, 5) is 28.9. The lowest BCUT2D eigenvalue weighted by atomic mass is 9.71. The minimum Gasteiger partial charge on any atom is -0.289 e. The van der Waals surface area contributed by atoms with Crippen LogP contribution in [0.3, 0.4) is 0 Å².